The van der Waals surface area contributed by atoms with Gasteiger partial charge in [-0.3, -0.25) is 9.59 Å². The molecule has 4 unspecified atom stereocenters. The van der Waals surface area contributed by atoms with Crippen LogP contribution in [0.15, 0.2) is 0 Å². The van der Waals surface area contributed by atoms with Crippen molar-refractivity contribution in [3.05, 3.63) is 0 Å². The van der Waals surface area contributed by atoms with Crippen LogP contribution in [0.5, 0.6) is 0 Å². The second-order valence-corrected chi connectivity index (χ2v) is 10.2. The minimum Gasteiger partial charge on any atom is -0.394 e. The molecular formula is C22H42N4O11S2. The Labute approximate surface area is 237 Å². The molecule has 15 nitrogen and oxygen atoms in total. The summed E-state index contributed by atoms with van der Waals surface area (Å²) in [6, 6.07) is -3.60. The molecule has 0 radical (unpaired) electrons. The number of rotatable bonds is 14. The predicted molar refractivity (Wildman–Crippen MR) is 143 cm³/mol. The number of thiol groups is 2. The summed E-state index contributed by atoms with van der Waals surface area (Å²) in [6.07, 6.45) is -9.39. The van der Waals surface area contributed by atoms with E-state index in [4.69, 9.17) is 14.2 Å². The fourth-order valence-electron chi connectivity index (χ4n) is 4.44. The van der Waals surface area contributed by atoms with E-state index in [-0.39, 0.29) is 24.6 Å². The predicted octanol–water partition coefficient (Wildman–Crippen LogP) is -5.68. The fraction of sp³-hybridized carbons (Fsp3) is 0.909. The highest BCUT2D eigenvalue weighted by molar-refractivity contribution is 7.80. The summed E-state index contributed by atoms with van der Waals surface area (Å²) in [6.45, 7) is 1.05. The van der Waals surface area contributed by atoms with Crippen molar-refractivity contribution < 1.29 is 54.4 Å². The maximum Gasteiger partial charge on any atom is 0.238 e. The molecule has 2 aliphatic heterocycles. The second-order valence-electron chi connectivity index (χ2n) is 9.43. The first-order valence-corrected chi connectivity index (χ1v) is 13.9. The molecule has 2 heterocycles. The molecule has 2 saturated heterocycles. The number of amides is 2. The molecule has 0 spiro atoms. The number of aliphatic hydroxyl groups excluding tert-OH is 6. The van der Waals surface area contributed by atoms with Gasteiger partial charge in [0.25, 0.3) is 0 Å². The van der Waals surface area contributed by atoms with Crippen LogP contribution < -0.4 is 21.3 Å². The Bertz CT molecular complexity index is 774. The van der Waals surface area contributed by atoms with Gasteiger partial charge in [0.2, 0.25) is 11.8 Å². The molecule has 0 saturated carbocycles. The Kier molecular flexibility index (Phi) is 14.6. The Balaban J connectivity index is 1.85. The lowest BCUT2D eigenvalue weighted by atomic mass is 9.93. The van der Waals surface area contributed by atoms with Crippen LogP contribution in [0, 0.1) is 0 Å². The molecule has 228 valence electrons. The highest BCUT2D eigenvalue weighted by Crippen LogP contribution is 2.22. The van der Waals surface area contributed by atoms with E-state index in [9.17, 15) is 40.2 Å². The monoisotopic (exact) mass is 602 g/mol. The number of carbonyl (C=O) groups is 2. The van der Waals surface area contributed by atoms with Crippen LogP contribution in [0.3, 0.4) is 0 Å². The molecule has 12 atom stereocenters. The van der Waals surface area contributed by atoms with Gasteiger partial charge in [0.05, 0.1) is 37.4 Å². The normalized spacial score (nSPS) is 36.7. The van der Waals surface area contributed by atoms with E-state index < -0.39 is 98.2 Å². The van der Waals surface area contributed by atoms with E-state index in [2.05, 4.69) is 46.5 Å². The summed E-state index contributed by atoms with van der Waals surface area (Å²) in [5.74, 6) is -0.839. The van der Waals surface area contributed by atoms with Gasteiger partial charge in [0.1, 0.15) is 42.7 Å². The van der Waals surface area contributed by atoms with Crippen LogP contribution in [0.1, 0.15) is 6.92 Å². The zero-order valence-corrected chi connectivity index (χ0v) is 23.6. The zero-order valence-electron chi connectivity index (χ0n) is 21.8. The summed E-state index contributed by atoms with van der Waals surface area (Å²) < 4.78 is 16.0. The number of aliphatic hydroxyl groups is 6. The lowest BCUT2D eigenvalue weighted by Crippen LogP contribution is -2.66. The fourth-order valence-corrected chi connectivity index (χ4v) is 5.03. The standard InChI is InChI=1S/C22H42N4O11S2/c1-9-14(18(31)16(29)12(5-27)36-9)25-20(33)10(7-38)23-3-4-24-11(8-39)21(34)26-15-19(32)17(30)13(6-28)37-22(15)35-2/h9-19,22-24,27-32,38-39H,3-8H2,1-2H3,(H,25,33)(H,26,34)/t9?,10-,11-,12+,13+,14?,15?,16+,17+,18+,19+,22?/m0/s1. The van der Waals surface area contributed by atoms with Gasteiger partial charge in [-0.2, -0.15) is 25.3 Å². The second kappa shape index (κ2) is 16.6. The summed E-state index contributed by atoms with van der Waals surface area (Å²) in [4.78, 5) is 25.6. The van der Waals surface area contributed by atoms with Gasteiger partial charge in [0.15, 0.2) is 6.29 Å². The SMILES string of the molecule is COC1O[C@H](CO)[C@@H](O)[C@H](O)C1NC(=O)[C@H](CS)NCCN[C@@H](CS)C(=O)NC1C(C)O[C@H](CO)[C@@H](O)[C@@H]1O. The molecule has 0 aromatic carbocycles. The summed E-state index contributed by atoms with van der Waals surface area (Å²) in [5, 5.41) is 70.8. The van der Waals surface area contributed by atoms with Crippen molar-refractivity contribution in [3.63, 3.8) is 0 Å². The molecule has 0 aromatic heterocycles. The Morgan fingerprint density at radius 1 is 0.795 bits per heavy atom. The van der Waals surface area contributed by atoms with Crippen LogP contribution in [0.4, 0.5) is 0 Å². The molecule has 10 N–H and O–H groups in total. The number of nitrogens with one attached hydrogen (secondary N) is 4. The first-order chi connectivity index (χ1) is 18.5. The van der Waals surface area contributed by atoms with Crippen molar-refractivity contribution in [2.24, 2.45) is 0 Å². The van der Waals surface area contributed by atoms with E-state index >= 15 is 0 Å². The third-order valence-corrected chi connectivity index (χ3v) is 7.54. The van der Waals surface area contributed by atoms with E-state index in [0.717, 1.165) is 0 Å². The van der Waals surface area contributed by atoms with E-state index in [1.807, 2.05) is 0 Å². The first-order valence-electron chi connectivity index (χ1n) is 12.6. The average Bonchev–Trinajstić information content (AvgIpc) is 2.93. The lowest BCUT2D eigenvalue weighted by molar-refractivity contribution is -0.262. The smallest absolute Gasteiger partial charge is 0.238 e. The minimum atomic E-state index is -1.45. The van der Waals surface area contributed by atoms with E-state index in [1.165, 1.54) is 7.11 Å². The van der Waals surface area contributed by atoms with Crippen LogP contribution in [-0.2, 0) is 23.8 Å². The molecule has 2 fully saturated rings. The van der Waals surface area contributed by atoms with Crippen LogP contribution in [-0.4, -0.2) is 161 Å². The van der Waals surface area contributed by atoms with Crippen molar-refractivity contribution in [2.75, 3.05) is 44.9 Å². The van der Waals surface area contributed by atoms with Gasteiger partial charge < -0.3 is 66.1 Å². The molecule has 2 rings (SSSR count). The van der Waals surface area contributed by atoms with Crippen molar-refractivity contribution in [3.8, 4) is 0 Å². The van der Waals surface area contributed by atoms with Crippen molar-refractivity contribution in [1.29, 1.82) is 0 Å². The third-order valence-electron chi connectivity index (χ3n) is 6.81. The molecule has 17 heteroatoms. The summed E-state index contributed by atoms with van der Waals surface area (Å²) in [5.41, 5.74) is 0. The van der Waals surface area contributed by atoms with Crippen molar-refractivity contribution >= 4 is 37.1 Å². The largest absolute Gasteiger partial charge is 0.394 e. The van der Waals surface area contributed by atoms with E-state index in [1.54, 1.807) is 6.92 Å². The molecule has 0 aromatic rings. The third kappa shape index (κ3) is 8.84. The van der Waals surface area contributed by atoms with Gasteiger partial charge in [0, 0.05) is 31.7 Å². The Hall–Kier alpha value is -0.800. The number of methoxy groups -OCH3 is 1. The average molecular weight is 603 g/mol. The Morgan fingerprint density at radius 2 is 1.23 bits per heavy atom. The maximum atomic E-state index is 12.8. The van der Waals surface area contributed by atoms with Crippen LogP contribution in [0.25, 0.3) is 0 Å². The molecule has 0 aliphatic carbocycles. The van der Waals surface area contributed by atoms with Gasteiger partial charge in [-0.25, -0.2) is 0 Å². The molecule has 0 bridgehead atoms. The highest BCUT2D eigenvalue weighted by Gasteiger charge is 2.46. The van der Waals surface area contributed by atoms with Crippen LogP contribution in [0.2, 0.25) is 0 Å². The quantitative estimate of drug-likeness (QED) is 0.0658. The van der Waals surface area contributed by atoms with E-state index in [0.29, 0.717) is 0 Å². The number of ether oxygens (including phenoxy) is 3. The first kappa shape index (κ1) is 34.4. The van der Waals surface area contributed by atoms with Crippen molar-refractivity contribution in [2.45, 2.75) is 80.1 Å². The molecular weight excluding hydrogens is 560 g/mol. The van der Waals surface area contributed by atoms with Gasteiger partial charge in [-0.1, -0.05) is 0 Å². The van der Waals surface area contributed by atoms with Crippen LogP contribution >= 0.6 is 25.3 Å². The molecule has 39 heavy (non-hydrogen) atoms. The number of hydrogen-bond acceptors (Lipinski definition) is 15. The zero-order chi connectivity index (χ0) is 29.3. The number of hydrogen-bond donors (Lipinski definition) is 12. The summed E-state index contributed by atoms with van der Waals surface area (Å²) >= 11 is 8.39. The molecule has 2 amide bonds. The number of carbonyl (C=O) groups excluding carboxylic acids is 2. The van der Waals surface area contributed by atoms with Gasteiger partial charge >= 0.3 is 0 Å². The van der Waals surface area contributed by atoms with Gasteiger partial charge in [-0.05, 0) is 6.92 Å². The lowest BCUT2D eigenvalue weighted by Gasteiger charge is -2.42. The minimum absolute atomic E-state index is 0.0834. The maximum absolute atomic E-state index is 12.8. The summed E-state index contributed by atoms with van der Waals surface area (Å²) in [7, 11) is 1.30. The Morgan fingerprint density at radius 3 is 1.67 bits per heavy atom. The molecule has 2 aliphatic rings. The highest BCUT2D eigenvalue weighted by atomic mass is 32.1. The van der Waals surface area contributed by atoms with Gasteiger partial charge in [-0.15, -0.1) is 0 Å². The van der Waals surface area contributed by atoms with Crippen molar-refractivity contribution in [1.82, 2.24) is 21.3 Å². The topological polar surface area (TPSA) is 231 Å².